The second kappa shape index (κ2) is 13.5. The number of H-pyrrole nitrogens is 1. The van der Waals surface area contributed by atoms with Crippen LogP contribution in [-0.2, 0) is 14.4 Å². The Morgan fingerprint density at radius 2 is 1.82 bits per heavy atom. The van der Waals surface area contributed by atoms with Gasteiger partial charge in [0, 0.05) is 44.5 Å². The van der Waals surface area contributed by atoms with Gasteiger partial charge in [-0.1, -0.05) is 32.8 Å². The van der Waals surface area contributed by atoms with Crippen LogP contribution in [0.1, 0.15) is 50.0 Å². The number of fused-ring (bicyclic) bond motifs is 1. The molecule has 1 aliphatic heterocycles. The highest BCUT2D eigenvalue weighted by Crippen LogP contribution is 2.34. The van der Waals surface area contributed by atoms with E-state index in [0.29, 0.717) is 32.3 Å². The minimum absolute atomic E-state index is 0.169. The molecule has 0 saturated carbocycles. The van der Waals surface area contributed by atoms with E-state index in [4.69, 9.17) is 0 Å². The molecule has 4 rings (SSSR count). The standard InChI is InChI=1S/C24H27N7O4.C4H10/c1-29(16-32)23(35)24(30(2)18-6-7-19-17(13-18)14-27-28-19)8-11-31(12-9-24)21(33)15-26-22(34)20-5-3-4-10-25-20;1-3-4-2/h3-7,10,13-14,16H,8-9,11-12,15H2,1-2H3,(H,26,34)(H,27,28);3-4H2,1-2H3. The van der Waals surface area contributed by atoms with Crippen molar-refractivity contribution in [2.75, 3.05) is 38.6 Å². The number of benzene rings is 1. The van der Waals surface area contributed by atoms with Gasteiger partial charge in [-0.05, 0) is 43.2 Å². The highest BCUT2D eigenvalue weighted by Gasteiger charge is 2.47. The summed E-state index contributed by atoms with van der Waals surface area (Å²) in [4.78, 5) is 58.4. The second-order valence-electron chi connectivity index (χ2n) is 9.53. The van der Waals surface area contributed by atoms with Crippen molar-refractivity contribution in [3.63, 3.8) is 0 Å². The van der Waals surface area contributed by atoms with Gasteiger partial charge in [0.05, 0.1) is 18.3 Å². The molecule has 11 nitrogen and oxygen atoms in total. The number of nitrogens with one attached hydrogen (secondary N) is 2. The Bertz CT molecular complexity index is 1270. The molecule has 4 amide bonds. The molecule has 11 heteroatoms. The summed E-state index contributed by atoms with van der Waals surface area (Å²) in [5.74, 6) is -1.01. The SMILES string of the molecule is CCCC.CN(C=O)C(=O)C1(N(C)c2ccc3[nH]ncc3c2)CCN(C(=O)CNC(=O)c2ccccn2)CC1. The van der Waals surface area contributed by atoms with Crippen LogP contribution in [-0.4, -0.2) is 88.4 Å². The Balaban J connectivity index is 0.000000983. The maximum atomic E-state index is 13.4. The molecule has 2 aromatic heterocycles. The van der Waals surface area contributed by atoms with Gasteiger partial charge in [-0.25, -0.2) is 0 Å². The fourth-order valence-electron chi connectivity index (χ4n) is 4.44. The number of aromatic nitrogens is 3. The van der Waals surface area contributed by atoms with Crippen molar-refractivity contribution in [1.82, 2.24) is 30.3 Å². The van der Waals surface area contributed by atoms with Gasteiger partial charge in [0.25, 0.3) is 11.8 Å². The number of amides is 4. The highest BCUT2D eigenvalue weighted by molar-refractivity contribution is 5.97. The van der Waals surface area contributed by atoms with Crippen molar-refractivity contribution in [2.24, 2.45) is 0 Å². The first kappa shape index (κ1) is 29.3. The van der Waals surface area contributed by atoms with Crippen LogP contribution >= 0.6 is 0 Å². The number of pyridine rings is 1. The van der Waals surface area contributed by atoms with E-state index in [0.717, 1.165) is 21.5 Å². The van der Waals surface area contributed by atoms with Gasteiger partial charge in [0.2, 0.25) is 12.3 Å². The van der Waals surface area contributed by atoms with E-state index in [1.807, 2.05) is 30.1 Å². The molecular formula is C28H37N7O4. The second-order valence-corrected chi connectivity index (χ2v) is 9.53. The van der Waals surface area contributed by atoms with Crippen molar-refractivity contribution in [3.8, 4) is 0 Å². The van der Waals surface area contributed by atoms with Crippen molar-refractivity contribution in [3.05, 3.63) is 54.5 Å². The summed E-state index contributed by atoms with van der Waals surface area (Å²) in [5, 5.41) is 10.4. The Kier molecular flexibility index (Phi) is 10.1. The minimum atomic E-state index is -1.01. The predicted octanol–water partition coefficient (Wildman–Crippen LogP) is 2.61. The summed E-state index contributed by atoms with van der Waals surface area (Å²) in [6.45, 7) is 4.79. The fourth-order valence-corrected chi connectivity index (χ4v) is 4.44. The van der Waals surface area contributed by atoms with Gasteiger partial charge >= 0.3 is 0 Å². The summed E-state index contributed by atoms with van der Waals surface area (Å²) in [6.07, 6.45) is 7.00. The van der Waals surface area contributed by atoms with E-state index >= 15 is 0 Å². The first-order chi connectivity index (χ1) is 18.8. The first-order valence-corrected chi connectivity index (χ1v) is 13.1. The van der Waals surface area contributed by atoms with E-state index < -0.39 is 11.4 Å². The van der Waals surface area contributed by atoms with E-state index in [-0.39, 0.29) is 24.1 Å². The maximum absolute atomic E-state index is 13.4. The number of likely N-dealkylation sites (N-methyl/N-ethyl adjacent to an activating group) is 2. The molecule has 0 unspecified atom stereocenters. The normalized spacial score (nSPS) is 14.1. The van der Waals surface area contributed by atoms with Gasteiger partial charge in [0.1, 0.15) is 11.2 Å². The quantitative estimate of drug-likeness (QED) is 0.424. The van der Waals surface area contributed by atoms with Gasteiger partial charge in [0.15, 0.2) is 0 Å². The summed E-state index contributed by atoms with van der Waals surface area (Å²) < 4.78 is 0. The third kappa shape index (κ3) is 6.78. The van der Waals surface area contributed by atoms with Crippen LogP contribution in [0.25, 0.3) is 10.9 Å². The van der Waals surface area contributed by atoms with E-state index in [1.54, 1.807) is 29.3 Å². The fraction of sp³-hybridized carbons (Fsp3) is 0.429. The third-order valence-electron chi connectivity index (χ3n) is 7.07. The molecule has 3 heterocycles. The van der Waals surface area contributed by atoms with Gasteiger partial charge < -0.3 is 15.1 Å². The zero-order chi connectivity index (χ0) is 28.4. The number of carbonyl (C=O) groups is 4. The lowest BCUT2D eigenvalue weighted by Crippen LogP contribution is -2.63. The molecule has 0 radical (unpaired) electrons. The number of imide groups is 1. The van der Waals surface area contributed by atoms with Crippen molar-refractivity contribution in [1.29, 1.82) is 0 Å². The Hall–Kier alpha value is -4.28. The van der Waals surface area contributed by atoms with Gasteiger partial charge in [-0.15, -0.1) is 0 Å². The molecule has 1 aliphatic rings. The summed E-state index contributed by atoms with van der Waals surface area (Å²) in [6, 6.07) is 10.7. The summed E-state index contributed by atoms with van der Waals surface area (Å²) in [7, 11) is 3.26. The van der Waals surface area contributed by atoms with Crippen molar-refractivity contribution >= 4 is 40.7 Å². The van der Waals surface area contributed by atoms with Crippen LogP contribution in [0.3, 0.4) is 0 Å². The molecule has 0 atom stereocenters. The van der Waals surface area contributed by atoms with Crippen molar-refractivity contribution < 1.29 is 19.2 Å². The lowest BCUT2D eigenvalue weighted by atomic mass is 9.83. The molecule has 0 aliphatic carbocycles. The molecule has 39 heavy (non-hydrogen) atoms. The summed E-state index contributed by atoms with van der Waals surface area (Å²) in [5.41, 5.74) is 0.896. The number of likely N-dealkylation sites (tertiary alicyclic amines) is 1. The molecule has 0 bridgehead atoms. The zero-order valence-corrected chi connectivity index (χ0v) is 23.0. The number of aromatic amines is 1. The molecular weight excluding hydrogens is 498 g/mol. The lowest BCUT2D eigenvalue weighted by molar-refractivity contribution is -0.144. The molecule has 208 valence electrons. The van der Waals surface area contributed by atoms with Crippen LogP contribution in [0.5, 0.6) is 0 Å². The first-order valence-electron chi connectivity index (χ1n) is 13.1. The van der Waals surface area contributed by atoms with E-state index in [1.165, 1.54) is 26.1 Å². The molecule has 0 spiro atoms. The van der Waals surface area contributed by atoms with Crippen LogP contribution in [0, 0.1) is 0 Å². The number of hydrogen-bond acceptors (Lipinski definition) is 7. The zero-order valence-electron chi connectivity index (χ0n) is 23.0. The summed E-state index contributed by atoms with van der Waals surface area (Å²) >= 11 is 0. The number of piperidine rings is 1. The average molecular weight is 536 g/mol. The maximum Gasteiger partial charge on any atom is 0.270 e. The monoisotopic (exact) mass is 535 g/mol. The third-order valence-corrected chi connectivity index (χ3v) is 7.07. The van der Waals surface area contributed by atoms with Crippen LogP contribution < -0.4 is 10.2 Å². The van der Waals surface area contributed by atoms with E-state index in [9.17, 15) is 19.2 Å². The largest absolute Gasteiger partial charge is 0.360 e. The minimum Gasteiger partial charge on any atom is -0.360 e. The number of rotatable bonds is 8. The Morgan fingerprint density at radius 1 is 1.10 bits per heavy atom. The smallest absolute Gasteiger partial charge is 0.270 e. The number of nitrogens with zero attached hydrogens (tertiary/aromatic N) is 5. The molecule has 3 aromatic rings. The average Bonchev–Trinajstić information content (AvgIpc) is 3.47. The number of carbonyl (C=O) groups excluding carboxylic acids is 4. The van der Waals surface area contributed by atoms with Gasteiger partial charge in [-0.3, -0.25) is 34.2 Å². The van der Waals surface area contributed by atoms with Crippen molar-refractivity contribution in [2.45, 2.75) is 45.1 Å². The van der Waals surface area contributed by atoms with Gasteiger partial charge in [-0.2, -0.15) is 5.10 Å². The number of unbranched alkanes of at least 4 members (excludes halogenated alkanes) is 1. The molecule has 2 N–H and O–H groups in total. The Labute approximate surface area is 228 Å². The molecule has 1 saturated heterocycles. The van der Waals surface area contributed by atoms with E-state index in [2.05, 4.69) is 34.3 Å². The molecule has 1 aromatic carbocycles. The topological polar surface area (TPSA) is 132 Å². The highest BCUT2D eigenvalue weighted by atomic mass is 16.2. The number of anilines is 1. The predicted molar refractivity (Wildman–Crippen MR) is 149 cm³/mol. The lowest BCUT2D eigenvalue weighted by Gasteiger charge is -2.47. The van der Waals surface area contributed by atoms with Crippen LogP contribution in [0.2, 0.25) is 0 Å². The number of hydrogen-bond donors (Lipinski definition) is 2. The van der Waals surface area contributed by atoms with Crippen LogP contribution in [0.4, 0.5) is 5.69 Å². The van der Waals surface area contributed by atoms with Crippen LogP contribution in [0.15, 0.2) is 48.8 Å². The molecule has 1 fully saturated rings. The Morgan fingerprint density at radius 3 is 2.44 bits per heavy atom.